The molecule has 1 aromatic carbocycles. The summed E-state index contributed by atoms with van der Waals surface area (Å²) in [5, 5.41) is 11.8. The van der Waals surface area contributed by atoms with E-state index in [1.165, 1.54) is 5.75 Å². The van der Waals surface area contributed by atoms with Crippen molar-refractivity contribution in [1.82, 2.24) is 0 Å². The molecular weight excluding hydrogens is 260 g/mol. The highest BCUT2D eigenvalue weighted by Crippen LogP contribution is 2.40. The lowest BCUT2D eigenvalue weighted by Gasteiger charge is -2.32. The number of aliphatic hydroxyl groups is 1. The van der Waals surface area contributed by atoms with Gasteiger partial charge in [0, 0.05) is 32.6 Å². The summed E-state index contributed by atoms with van der Waals surface area (Å²) in [4.78, 5) is 0. The van der Waals surface area contributed by atoms with Crippen LogP contribution in [0.3, 0.4) is 0 Å². The van der Waals surface area contributed by atoms with Crippen molar-refractivity contribution in [2.24, 2.45) is 0 Å². The second-order valence-electron chi connectivity index (χ2n) is 3.88. The van der Waals surface area contributed by atoms with E-state index >= 15 is 0 Å². The summed E-state index contributed by atoms with van der Waals surface area (Å²) in [6.07, 6.45) is -0.457. The van der Waals surface area contributed by atoms with Gasteiger partial charge < -0.3 is 5.11 Å². The molecule has 4 heteroatoms. The van der Waals surface area contributed by atoms with Crippen LogP contribution in [0.1, 0.15) is 18.6 Å². The first kappa shape index (κ1) is 12.6. The number of aliphatic hydroxyl groups excluding tert-OH is 1. The molecule has 1 aliphatic heterocycles. The Labute approximate surface area is 110 Å². The Morgan fingerprint density at radius 2 is 2.00 bits per heavy atom. The molecule has 3 unspecified atom stereocenters. The molecule has 2 rings (SSSR count). The largest absolute Gasteiger partial charge is 0.387 e. The topological polar surface area (TPSA) is 20.2 Å². The summed E-state index contributed by atoms with van der Waals surface area (Å²) in [7, 11) is 0. The first-order valence-corrected chi connectivity index (χ1v) is 7.83. The average molecular weight is 275 g/mol. The van der Waals surface area contributed by atoms with E-state index in [2.05, 4.69) is 6.92 Å². The van der Waals surface area contributed by atoms with Crippen LogP contribution in [0, 0.1) is 0 Å². The number of hydrogen-bond acceptors (Lipinski definition) is 3. The lowest BCUT2D eigenvalue weighted by atomic mass is 10.0. The van der Waals surface area contributed by atoms with Crippen molar-refractivity contribution in [3.05, 3.63) is 34.9 Å². The molecule has 1 N–H and O–H groups in total. The van der Waals surface area contributed by atoms with Crippen molar-refractivity contribution < 1.29 is 5.11 Å². The van der Waals surface area contributed by atoms with Gasteiger partial charge in [-0.1, -0.05) is 36.7 Å². The van der Waals surface area contributed by atoms with E-state index in [0.29, 0.717) is 10.3 Å². The molecule has 1 saturated heterocycles. The fourth-order valence-corrected chi connectivity index (χ4v) is 4.96. The van der Waals surface area contributed by atoms with Gasteiger partial charge in [0.05, 0.1) is 6.10 Å². The normalized spacial score (nSPS) is 27.7. The van der Waals surface area contributed by atoms with Crippen molar-refractivity contribution in [3.8, 4) is 0 Å². The SMILES string of the molecule is CC1SCCSC1C(O)c1ccccc1Cl. The summed E-state index contributed by atoms with van der Waals surface area (Å²) >= 11 is 9.89. The third-order valence-corrected chi connectivity index (χ3v) is 6.30. The highest BCUT2D eigenvalue weighted by Gasteiger charge is 2.30. The fourth-order valence-electron chi connectivity index (χ4n) is 1.89. The van der Waals surface area contributed by atoms with E-state index in [1.807, 2.05) is 47.8 Å². The number of hydrogen-bond donors (Lipinski definition) is 1. The summed E-state index contributed by atoms with van der Waals surface area (Å²) in [5.41, 5.74) is 0.857. The molecule has 1 aliphatic rings. The number of benzene rings is 1. The molecular formula is C12H15ClOS2. The van der Waals surface area contributed by atoms with Crippen LogP contribution in [0.4, 0.5) is 0 Å². The Balaban J connectivity index is 2.17. The maximum atomic E-state index is 10.4. The van der Waals surface area contributed by atoms with Crippen molar-refractivity contribution in [2.75, 3.05) is 11.5 Å². The maximum Gasteiger partial charge on any atom is 0.0933 e. The Morgan fingerprint density at radius 1 is 1.31 bits per heavy atom. The fraction of sp³-hybridized carbons (Fsp3) is 0.500. The molecule has 1 fully saturated rings. The Morgan fingerprint density at radius 3 is 2.69 bits per heavy atom. The van der Waals surface area contributed by atoms with E-state index in [4.69, 9.17) is 11.6 Å². The van der Waals surface area contributed by atoms with Gasteiger partial charge in [-0.25, -0.2) is 0 Å². The summed E-state index contributed by atoms with van der Waals surface area (Å²) < 4.78 is 0. The number of rotatable bonds is 2. The molecule has 16 heavy (non-hydrogen) atoms. The zero-order chi connectivity index (χ0) is 11.5. The van der Waals surface area contributed by atoms with E-state index in [0.717, 1.165) is 11.3 Å². The number of thioether (sulfide) groups is 2. The van der Waals surface area contributed by atoms with Gasteiger partial charge in [-0.15, -0.1) is 0 Å². The molecule has 0 amide bonds. The van der Waals surface area contributed by atoms with Crippen LogP contribution in [-0.2, 0) is 0 Å². The summed E-state index contributed by atoms with van der Waals surface area (Å²) in [5.74, 6) is 2.29. The first-order chi connectivity index (χ1) is 7.70. The van der Waals surface area contributed by atoms with Crippen LogP contribution in [0.5, 0.6) is 0 Å². The molecule has 88 valence electrons. The zero-order valence-corrected chi connectivity index (χ0v) is 11.5. The van der Waals surface area contributed by atoms with Gasteiger partial charge in [-0.05, 0) is 6.07 Å². The van der Waals surface area contributed by atoms with Gasteiger partial charge in [0.2, 0.25) is 0 Å². The minimum atomic E-state index is -0.457. The van der Waals surface area contributed by atoms with Crippen LogP contribution < -0.4 is 0 Å². The van der Waals surface area contributed by atoms with Crippen molar-refractivity contribution in [1.29, 1.82) is 0 Å². The lowest BCUT2D eigenvalue weighted by Crippen LogP contribution is -2.29. The van der Waals surface area contributed by atoms with Gasteiger partial charge in [-0.2, -0.15) is 23.5 Å². The minimum absolute atomic E-state index is 0.249. The lowest BCUT2D eigenvalue weighted by molar-refractivity contribution is 0.174. The zero-order valence-electron chi connectivity index (χ0n) is 9.10. The molecule has 0 spiro atoms. The molecule has 1 nitrogen and oxygen atoms in total. The van der Waals surface area contributed by atoms with E-state index in [1.54, 1.807) is 0 Å². The second kappa shape index (κ2) is 5.67. The van der Waals surface area contributed by atoms with Crippen molar-refractivity contribution in [3.63, 3.8) is 0 Å². The minimum Gasteiger partial charge on any atom is -0.387 e. The molecule has 1 aromatic rings. The molecule has 0 aromatic heterocycles. The Kier molecular flexibility index (Phi) is 4.48. The smallest absolute Gasteiger partial charge is 0.0933 e. The highest BCUT2D eigenvalue weighted by atomic mass is 35.5. The number of halogens is 1. The highest BCUT2D eigenvalue weighted by molar-refractivity contribution is 8.07. The predicted molar refractivity (Wildman–Crippen MR) is 74.6 cm³/mol. The average Bonchev–Trinajstić information content (AvgIpc) is 2.29. The van der Waals surface area contributed by atoms with Crippen LogP contribution in [0.2, 0.25) is 5.02 Å². The van der Waals surface area contributed by atoms with E-state index in [9.17, 15) is 5.11 Å². The predicted octanol–water partition coefficient (Wildman–Crippen LogP) is 3.61. The molecule has 0 aliphatic carbocycles. The standard InChI is InChI=1S/C12H15ClOS2/c1-8-12(16-7-6-15-8)11(14)9-4-2-3-5-10(9)13/h2-5,8,11-12,14H,6-7H2,1H3. The van der Waals surface area contributed by atoms with Gasteiger partial charge >= 0.3 is 0 Å². The van der Waals surface area contributed by atoms with Crippen molar-refractivity contribution in [2.45, 2.75) is 23.5 Å². The van der Waals surface area contributed by atoms with E-state index < -0.39 is 6.10 Å². The quantitative estimate of drug-likeness (QED) is 0.890. The third-order valence-electron chi connectivity index (χ3n) is 2.77. The van der Waals surface area contributed by atoms with Gasteiger partial charge in [0.1, 0.15) is 0 Å². The summed E-state index contributed by atoms with van der Waals surface area (Å²) in [6.45, 7) is 2.18. The third kappa shape index (κ3) is 2.70. The molecule has 3 atom stereocenters. The molecule has 0 saturated carbocycles. The molecule has 0 radical (unpaired) electrons. The van der Waals surface area contributed by atoms with E-state index in [-0.39, 0.29) is 5.25 Å². The molecule has 0 bridgehead atoms. The second-order valence-corrected chi connectivity index (χ2v) is 7.06. The van der Waals surface area contributed by atoms with Crippen molar-refractivity contribution >= 4 is 35.1 Å². The monoisotopic (exact) mass is 274 g/mol. The van der Waals surface area contributed by atoms with Crippen LogP contribution in [0.25, 0.3) is 0 Å². The molecule has 1 heterocycles. The van der Waals surface area contributed by atoms with Gasteiger partial charge in [0.15, 0.2) is 0 Å². The maximum absolute atomic E-state index is 10.4. The Hall–Kier alpha value is 0.170. The Bertz CT molecular complexity index is 359. The van der Waals surface area contributed by atoms with Gasteiger partial charge in [-0.3, -0.25) is 0 Å². The first-order valence-electron chi connectivity index (χ1n) is 5.36. The van der Waals surface area contributed by atoms with Crippen LogP contribution in [0.15, 0.2) is 24.3 Å². The van der Waals surface area contributed by atoms with Gasteiger partial charge in [0.25, 0.3) is 0 Å². The van der Waals surface area contributed by atoms with Crippen LogP contribution >= 0.6 is 35.1 Å². The van der Waals surface area contributed by atoms with Crippen LogP contribution in [-0.4, -0.2) is 27.1 Å². The summed E-state index contributed by atoms with van der Waals surface area (Å²) in [6, 6.07) is 7.57.